The van der Waals surface area contributed by atoms with Crippen LogP contribution >= 0.6 is 56.7 Å². The molecule has 5 aromatic heterocycles. The molecule has 0 bridgehead atoms. The average molecular weight is 2030 g/mol. The maximum absolute atomic E-state index is 13.2. The fourth-order valence-electron chi connectivity index (χ4n) is 19.0. The highest BCUT2D eigenvalue weighted by molar-refractivity contribution is 7.16. The fourth-order valence-corrected chi connectivity index (χ4v) is 24.2. The van der Waals surface area contributed by atoms with E-state index < -0.39 is 36.6 Å². The summed E-state index contributed by atoms with van der Waals surface area (Å²) >= 11 is 8.62. The Morgan fingerprint density at radius 2 is 0.552 bits per heavy atom. The molecule has 5 aliphatic rings. The summed E-state index contributed by atoms with van der Waals surface area (Å²) in [4.78, 5) is 11.9. The number of aryl methyl sites for hydroxylation is 5. The van der Waals surface area contributed by atoms with Crippen LogP contribution in [0.15, 0.2) is 273 Å². The minimum absolute atomic E-state index is 0.0245. The van der Waals surface area contributed by atoms with Crippen molar-refractivity contribution < 1.29 is 86.5 Å². The van der Waals surface area contributed by atoms with Gasteiger partial charge in [0.1, 0.15) is 47.4 Å². The third kappa shape index (κ3) is 28.6. The van der Waals surface area contributed by atoms with Gasteiger partial charge in [-0.1, -0.05) is 152 Å². The van der Waals surface area contributed by atoms with Crippen LogP contribution in [0.25, 0.3) is 52.2 Å². The van der Waals surface area contributed by atoms with Gasteiger partial charge in [0.25, 0.3) is 0 Å². The minimum atomic E-state index is -0.600. The van der Waals surface area contributed by atoms with Crippen LogP contribution in [0.2, 0.25) is 0 Å². The molecule has 0 saturated carbocycles. The summed E-state index contributed by atoms with van der Waals surface area (Å²) in [6.07, 6.45) is 6.71. The lowest BCUT2D eigenvalue weighted by Crippen LogP contribution is -2.38. The number of ether oxygens (including phenoxy) is 5. The van der Waals surface area contributed by atoms with Crippen LogP contribution < -0.4 is 0 Å². The van der Waals surface area contributed by atoms with Gasteiger partial charge in [0.15, 0.2) is 0 Å². The van der Waals surface area contributed by atoms with Crippen LogP contribution in [-0.2, 0) is 55.8 Å². The van der Waals surface area contributed by atoms with Crippen molar-refractivity contribution in [3.05, 3.63) is 410 Å². The van der Waals surface area contributed by atoms with Crippen LogP contribution in [0.3, 0.4) is 0 Å². The van der Waals surface area contributed by atoms with Crippen molar-refractivity contribution in [3.63, 3.8) is 0 Å². The second-order valence-electron chi connectivity index (χ2n) is 38.3. The highest BCUT2D eigenvalue weighted by atomic mass is 32.1. The molecule has 5 saturated heterocycles. The van der Waals surface area contributed by atoms with E-state index in [-0.39, 0.29) is 104 Å². The molecule has 13 nitrogen and oxygen atoms in total. The Kier molecular flexibility index (Phi) is 36.8. The van der Waals surface area contributed by atoms with Gasteiger partial charge in [0, 0.05) is 100 Å². The van der Waals surface area contributed by atoms with Crippen LogP contribution in [0, 0.1) is 63.7 Å². The molecule has 15 unspecified atom stereocenters. The Morgan fingerprint density at radius 1 is 0.259 bits per heavy atom. The molecule has 15 atom stereocenters. The van der Waals surface area contributed by atoms with Crippen molar-refractivity contribution in [1.82, 2.24) is 0 Å². The van der Waals surface area contributed by atoms with Crippen molar-refractivity contribution in [2.75, 3.05) is 19.8 Å². The molecule has 748 valence electrons. The lowest BCUT2D eigenvalue weighted by molar-refractivity contribution is -0.135. The van der Waals surface area contributed by atoms with Gasteiger partial charge in [-0.15, -0.1) is 56.7 Å². The Bertz CT molecular complexity index is 6620. The van der Waals surface area contributed by atoms with Gasteiger partial charge in [0.05, 0.1) is 93.1 Å². The molecule has 5 aliphatic heterocycles. The molecular weight excluding hydrogens is 1900 g/mol. The molecule has 5 fully saturated rings. The third-order valence-corrected chi connectivity index (χ3v) is 33.1. The molecule has 15 aromatic rings. The second kappa shape index (κ2) is 49.8. The van der Waals surface area contributed by atoms with Gasteiger partial charge in [-0.3, -0.25) is 0 Å². The van der Waals surface area contributed by atoms with Gasteiger partial charge < -0.3 is 64.5 Å². The van der Waals surface area contributed by atoms with Gasteiger partial charge >= 0.3 is 0 Å². The maximum Gasteiger partial charge on any atom is 0.123 e. The topological polar surface area (TPSA) is 208 Å². The van der Waals surface area contributed by atoms with Crippen LogP contribution in [0.5, 0.6) is 0 Å². The molecule has 0 radical (unpaired) electrons. The maximum atomic E-state index is 13.2. The highest BCUT2D eigenvalue weighted by Crippen LogP contribution is 2.44. The number of aliphatic hydroxyl groups excluding tert-OH is 8. The van der Waals surface area contributed by atoms with Crippen molar-refractivity contribution >= 4 is 56.7 Å². The average Bonchev–Trinajstić information content (AvgIpc) is 1.83. The summed E-state index contributed by atoms with van der Waals surface area (Å²) in [7, 11) is 0. The van der Waals surface area contributed by atoms with E-state index in [1.165, 1.54) is 141 Å². The van der Waals surface area contributed by atoms with E-state index in [0.29, 0.717) is 44.9 Å². The number of hydrogen-bond acceptors (Lipinski definition) is 18. The minimum Gasteiger partial charge on any atom is -0.394 e. The van der Waals surface area contributed by atoms with Crippen LogP contribution in [-0.4, -0.2) is 122 Å². The first-order chi connectivity index (χ1) is 69.0. The molecule has 8 N–H and O–H groups in total. The van der Waals surface area contributed by atoms with Gasteiger partial charge in [-0.05, 0) is 326 Å². The standard InChI is InChI=1S/3C24H25FO3S.2C24H25FO2S/c1-15-2-3-17(22-10-9-21(27)23(14-26)28-22)12-18(15)13-20-8-11-24(29-20)16-4-6-19(25)7-5-16;1-15-2-3-17(24-22(27)10-8-20(14-26)28-24)12-18(15)13-21-9-11-23(29-21)16-4-6-19(25)7-5-16;1-15-2-3-17(23-13-20(27)12-21(14-26)28-23)10-18(15)11-22-8-9-24(29-22)16-4-6-19(25)7-5-16;1-15-3-5-18(24-22(26)11-4-16(2)27-24)13-19(15)14-21-10-12-23(28-21)17-6-8-20(25)9-7-17;1-15-3-4-18(23-14-21(26)11-16(2)27-23)12-19(15)13-22-9-10-24(28-22)17-5-7-20(25)8-6-17/h2-8,11-12,21-23,26-27H,9-10,13-14H2,1H3;2-7,9,11-12,20,22,24,26-27H,8,10,13-14H2,1H3;2-10,20-21,23,26-27H,11-14H2,1H3;3,5-10,12-13,16,22,24,26H,4,11,14H2,1-2H3;3-10,12,16,21,23,26H,11,13-14H2,1-2H3. The van der Waals surface area contributed by atoms with Crippen molar-refractivity contribution in [2.24, 2.45) is 0 Å². The Labute approximate surface area is 855 Å². The first-order valence-electron chi connectivity index (χ1n) is 49.3. The predicted octanol–water partition coefficient (Wildman–Crippen LogP) is 27.2. The van der Waals surface area contributed by atoms with Crippen LogP contribution in [0.4, 0.5) is 22.0 Å². The Morgan fingerprint density at radius 3 is 0.881 bits per heavy atom. The zero-order valence-electron chi connectivity index (χ0n) is 81.4. The number of rotatable bonds is 23. The van der Waals surface area contributed by atoms with Crippen LogP contribution in [0.1, 0.15) is 216 Å². The molecule has 23 heteroatoms. The van der Waals surface area contributed by atoms with E-state index >= 15 is 0 Å². The summed E-state index contributed by atoms with van der Waals surface area (Å²) in [5.74, 6) is -1.10. The molecule has 143 heavy (non-hydrogen) atoms. The first kappa shape index (κ1) is 106. The lowest BCUT2D eigenvalue weighted by atomic mass is 9.92. The first-order valence-corrected chi connectivity index (χ1v) is 53.3. The Balaban J connectivity index is 0.000000128. The molecule has 10 aromatic carbocycles. The summed E-state index contributed by atoms with van der Waals surface area (Å²) in [5.41, 5.74) is 22.7. The molecule has 10 heterocycles. The molecule has 0 aliphatic carbocycles. The summed E-state index contributed by atoms with van der Waals surface area (Å²) < 4.78 is 95.7. The number of hydrogen-bond donors (Lipinski definition) is 8. The van der Waals surface area contributed by atoms with E-state index in [9.17, 15) is 62.8 Å². The summed E-state index contributed by atoms with van der Waals surface area (Å²) in [6.45, 7) is 14.4. The fraction of sp³-hybridized carbons (Fsp3) is 0.333. The third-order valence-electron chi connectivity index (χ3n) is 27.4. The number of thiophene rings is 5. The monoisotopic (exact) mass is 2030 g/mol. The molecule has 0 spiro atoms. The second-order valence-corrected chi connectivity index (χ2v) is 44.1. The quantitative estimate of drug-likeness (QED) is 0.0281. The smallest absolute Gasteiger partial charge is 0.123 e. The molecular formula is C120H125F5O13S5. The zero-order chi connectivity index (χ0) is 100. The van der Waals surface area contributed by atoms with E-state index in [1.807, 2.05) is 55.5 Å². The zero-order valence-corrected chi connectivity index (χ0v) is 85.5. The summed E-state index contributed by atoms with van der Waals surface area (Å²) in [5, 5.41) is 79.2. The van der Waals surface area contributed by atoms with E-state index in [0.717, 1.165) is 131 Å². The number of halogens is 5. The van der Waals surface area contributed by atoms with Crippen molar-refractivity contribution in [3.8, 4) is 52.2 Å². The normalized spacial score (nSPS) is 22.1. The van der Waals surface area contributed by atoms with E-state index in [4.69, 9.17) is 23.7 Å². The number of aliphatic hydroxyl groups is 8. The summed E-state index contributed by atoms with van der Waals surface area (Å²) in [6, 6.07) is 85.9. The highest BCUT2D eigenvalue weighted by Gasteiger charge is 2.36. The van der Waals surface area contributed by atoms with Crippen molar-refractivity contribution in [1.29, 1.82) is 0 Å². The van der Waals surface area contributed by atoms with E-state index in [2.05, 4.69) is 181 Å². The predicted molar refractivity (Wildman–Crippen MR) is 565 cm³/mol. The van der Waals surface area contributed by atoms with E-state index in [1.54, 1.807) is 80.9 Å². The SMILES string of the molecule is Cc1ccc(C2CC(O)CC(C)O2)cc1Cc1ccc(-c2ccc(F)cc2)s1.Cc1ccc(C2CC(O)CC(CO)O2)cc1Cc1ccc(-c2ccc(F)cc2)s1.Cc1ccc(C2CCC(O)C(CO)O2)cc1Cc1ccc(-c2ccc(F)cc2)s1.Cc1ccc(C2OC(C)CCC2O)cc1Cc1ccc(-c2ccc(F)cc2)s1.Cc1ccc(C2OC(CO)CCC2O)cc1Cc1ccc(-c2ccc(F)cc2)s1. The van der Waals surface area contributed by atoms with Crippen molar-refractivity contribution in [2.45, 2.75) is 236 Å². The van der Waals surface area contributed by atoms with Gasteiger partial charge in [-0.25, -0.2) is 22.0 Å². The lowest BCUT2D eigenvalue weighted by Gasteiger charge is -2.33. The van der Waals surface area contributed by atoms with Gasteiger partial charge in [0.2, 0.25) is 0 Å². The number of benzene rings is 10. The largest absolute Gasteiger partial charge is 0.394 e. The molecule has 20 rings (SSSR count). The Hall–Kier alpha value is -10.2. The molecule has 0 amide bonds. The van der Waals surface area contributed by atoms with Gasteiger partial charge in [-0.2, -0.15) is 0 Å².